The number of thiazole rings is 1. The van der Waals surface area contributed by atoms with Crippen LogP contribution < -0.4 is 5.32 Å². The van der Waals surface area contributed by atoms with Gasteiger partial charge in [-0.25, -0.2) is 14.6 Å². The molecule has 0 fully saturated rings. The normalized spacial score (nSPS) is 13.5. The molecule has 0 aliphatic heterocycles. The number of carbonyl (C=O) groups is 2. The molecule has 1 rings (SSSR count). The average molecular weight is 313 g/mol. The van der Waals surface area contributed by atoms with Crippen molar-refractivity contribution >= 4 is 23.3 Å². The molecule has 0 saturated heterocycles. The number of nitrogens with one attached hydrogen (secondary N) is 1. The lowest BCUT2D eigenvalue weighted by Crippen LogP contribution is -2.49. The third kappa shape index (κ3) is 5.34. The largest absolute Gasteiger partial charge is 0.480 e. The van der Waals surface area contributed by atoms with Crippen molar-refractivity contribution in [2.45, 2.75) is 46.2 Å². The summed E-state index contributed by atoms with van der Waals surface area (Å²) in [7, 11) is 1.63. The molecule has 0 aliphatic rings. The maximum absolute atomic E-state index is 12.1. The highest BCUT2D eigenvalue weighted by atomic mass is 32.1. The maximum atomic E-state index is 12.1. The second kappa shape index (κ2) is 7.97. The fourth-order valence-electron chi connectivity index (χ4n) is 2.11. The fraction of sp³-hybridized carbons (Fsp3) is 0.643. The first-order valence-electron chi connectivity index (χ1n) is 7.00. The molecular formula is C14H23N3O3S. The van der Waals surface area contributed by atoms with Crippen LogP contribution in [-0.4, -0.2) is 40.1 Å². The van der Waals surface area contributed by atoms with Crippen molar-refractivity contribution in [2.24, 2.45) is 5.92 Å². The van der Waals surface area contributed by atoms with Crippen molar-refractivity contribution in [3.8, 4) is 0 Å². The van der Waals surface area contributed by atoms with E-state index in [1.54, 1.807) is 7.05 Å². The number of nitrogens with zero attached hydrogens (tertiary/aromatic N) is 2. The Hall–Kier alpha value is -1.63. The Morgan fingerprint density at radius 3 is 2.67 bits per heavy atom. The lowest BCUT2D eigenvalue weighted by atomic mass is 9.97. The summed E-state index contributed by atoms with van der Waals surface area (Å²) in [4.78, 5) is 29.1. The van der Waals surface area contributed by atoms with Crippen LogP contribution in [0.4, 0.5) is 4.79 Å². The smallest absolute Gasteiger partial charge is 0.326 e. The summed E-state index contributed by atoms with van der Waals surface area (Å²) in [6.07, 6.45) is 1.64. The Balaban J connectivity index is 2.61. The Morgan fingerprint density at radius 2 is 2.19 bits per heavy atom. The summed E-state index contributed by atoms with van der Waals surface area (Å²) in [5.74, 6) is -1.10. The molecule has 0 aliphatic carbocycles. The molecule has 0 radical (unpaired) electrons. The minimum atomic E-state index is -0.998. The minimum absolute atomic E-state index is 0.105. The summed E-state index contributed by atoms with van der Waals surface area (Å²) in [5.41, 5.74) is 0.809. The highest BCUT2D eigenvalue weighted by molar-refractivity contribution is 7.09. The van der Waals surface area contributed by atoms with E-state index in [1.165, 1.54) is 16.2 Å². The Bertz CT molecular complexity index is 490. The number of amides is 2. The zero-order valence-electron chi connectivity index (χ0n) is 12.9. The molecule has 1 heterocycles. The van der Waals surface area contributed by atoms with Gasteiger partial charge < -0.3 is 15.3 Å². The number of aryl methyl sites for hydroxylation is 1. The predicted molar refractivity (Wildman–Crippen MR) is 82.3 cm³/mol. The molecule has 0 spiro atoms. The van der Waals surface area contributed by atoms with Crippen LogP contribution in [0.15, 0.2) is 5.38 Å². The molecule has 2 N–H and O–H groups in total. The van der Waals surface area contributed by atoms with Gasteiger partial charge in [-0.1, -0.05) is 20.3 Å². The number of aliphatic carboxylic acids is 1. The third-order valence-electron chi connectivity index (χ3n) is 3.27. The van der Waals surface area contributed by atoms with Gasteiger partial charge >= 0.3 is 12.0 Å². The van der Waals surface area contributed by atoms with Gasteiger partial charge in [0.2, 0.25) is 0 Å². The molecule has 7 heteroatoms. The highest BCUT2D eigenvalue weighted by Gasteiger charge is 2.27. The van der Waals surface area contributed by atoms with E-state index < -0.39 is 18.0 Å². The number of rotatable bonds is 7. The molecule has 0 unspecified atom stereocenters. The van der Waals surface area contributed by atoms with Gasteiger partial charge in [-0.05, 0) is 19.3 Å². The van der Waals surface area contributed by atoms with Crippen LogP contribution in [0.5, 0.6) is 0 Å². The third-order valence-corrected chi connectivity index (χ3v) is 4.09. The van der Waals surface area contributed by atoms with Gasteiger partial charge in [0.1, 0.15) is 6.04 Å². The van der Waals surface area contributed by atoms with Gasteiger partial charge in [0.25, 0.3) is 0 Å². The van der Waals surface area contributed by atoms with Crippen LogP contribution in [0.3, 0.4) is 0 Å². The van der Waals surface area contributed by atoms with Crippen molar-refractivity contribution in [1.29, 1.82) is 0 Å². The molecule has 118 valence electrons. The van der Waals surface area contributed by atoms with Crippen molar-refractivity contribution < 1.29 is 14.7 Å². The van der Waals surface area contributed by atoms with E-state index in [4.69, 9.17) is 0 Å². The number of aromatic nitrogens is 1. The van der Waals surface area contributed by atoms with Crippen LogP contribution >= 0.6 is 11.3 Å². The molecule has 2 atom stereocenters. The number of carboxylic acid groups (broad SMARTS) is 1. The second-order valence-electron chi connectivity index (χ2n) is 5.25. The molecule has 1 aromatic rings. The van der Waals surface area contributed by atoms with E-state index in [1.807, 2.05) is 26.2 Å². The highest BCUT2D eigenvalue weighted by Crippen LogP contribution is 2.13. The predicted octanol–water partition coefficient (Wildman–Crippen LogP) is 2.48. The molecule has 0 aromatic carbocycles. The Labute approximate surface area is 129 Å². The number of hydrogen-bond acceptors (Lipinski definition) is 4. The van der Waals surface area contributed by atoms with Gasteiger partial charge in [-0.3, -0.25) is 0 Å². The fourth-order valence-corrected chi connectivity index (χ4v) is 2.71. The SMILES string of the molecule is CCC[C@H](C)[C@H](NC(=O)N(C)Cc1csc(C)n1)C(=O)O. The number of carbonyl (C=O) groups excluding carboxylic acids is 1. The van der Waals surface area contributed by atoms with Crippen molar-refractivity contribution in [2.75, 3.05) is 7.05 Å². The van der Waals surface area contributed by atoms with Crippen molar-refractivity contribution in [3.05, 3.63) is 16.1 Å². The monoisotopic (exact) mass is 313 g/mol. The summed E-state index contributed by atoms with van der Waals surface area (Å²) in [5, 5.41) is 14.7. The summed E-state index contributed by atoms with van der Waals surface area (Å²) in [6, 6.07) is -1.26. The maximum Gasteiger partial charge on any atom is 0.326 e. The molecular weight excluding hydrogens is 290 g/mol. The van der Waals surface area contributed by atoms with Crippen LogP contribution in [0.1, 0.15) is 37.4 Å². The van der Waals surface area contributed by atoms with E-state index in [0.29, 0.717) is 6.54 Å². The van der Waals surface area contributed by atoms with Gasteiger partial charge in [0.05, 0.1) is 17.2 Å². The van der Waals surface area contributed by atoms with E-state index in [2.05, 4.69) is 10.3 Å². The van der Waals surface area contributed by atoms with Crippen LogP contribution in [-0.2, 0) is 11.3 Å². The molecule has 1 aromatic heterocycles. The zero-order chi connectivity index (χ0) is 16.0. The minimum Gasteiger partial charge on any atom is -0.480 e. The van der Waals surface area contributed by atoms with Gasteiger partial charge in [-0.15, -0.1) is 11.3 Å². The molecule has 6 nitrogen and oxygen atoms in total. The molecule has 0 bridgehead atoms. The molecule has 21 heavy (non-hydrogen) atoms. The molecule has 2 amide bonds. The van der Waals surface area contributed by atoms with Crippen LogP contribution in [0.25, 0.3) is 0 Å². The van der Waals surface area contributed by atoms with Gasteiger partial charge in [-0.2, -0.15) is 0 Å². The topological polar surface area (TPSA) is 82.5 Å². The first-order valence-corrected chi connectivity index (χ1v) is 7.88. The first-order chi connectivity index (χ1) is 9.85. The first kappa shape index (κ1) is 17.4. The average Bonchev–Trinajstić information content (AvgIpc) is 2.80. The van der Waals surface area contributed by atoms with Crippen molar-refractivity contribution in [3.63, 3.8) is 0 Å². The Kier molecular flexibility index (Phi) is 6.61. The lowest BCUT2D eigenvalue weighted by Gasteiger charge is -2.24. The molecule has 0 saturated carbocycles. The van der Waals surface area contributed by atoms with E-state index in [0.717, 1.165) is 23.5 Å². The zero-order valence-corrected chi connectivity index (χ0v) is 13.7. The standard InChI is InChI=1S/C14H23N3O3S/c1-5-6-9(2)12(13(18)19)16-14(20)17(4)7-11-8-21-10(3)15-11/h8-9,12H,5-7H2,1-4H3,(H,16,20)(H,18,19)/t9-,12-/m0/s1. The van der Waals surface area contributed by atoms with Gasteiger partial charge in [0, 0.05) is 12.4 Å². The quantitative estimate of drug-likeness (QED) is 0.810. The summed E-state index contributed by atoms with van der Waals surface area (Å²) < 4.78 is 0. The van der Waals surface area contributed by atoms with Crippen LogP contribution in [0.2, 0.25) is 0 Å². The number of carboxylic acids is 1. The lowest BCUT2D eigenvalue weighted by molar-refractivity contribution is -0.140. The number of hydrogen-bond donors (Lipinski definition) is 2. The van der Waals surface area contributed by atoms with E-state index in [-0.39, 0.29) is 5.92 Å². The van der Waals surface area contributed by atoms with Crippen molar-refractivity contribution in [1.82, 2.24) is 15.2 Å². The Morgan fingerprint density at radius 1 is 1.52 bits per heavy atom. The van der Waals surface area contributed by atoms with Crippen LogP contribution in [0, 0.1) is 12.8 Å². The van der Waals surface area contributed by atoms with E-state index in [9.17, 15) is 14.7 Å². The summed E-state index contributed by atoms with van der Waals surface area (Å²) in [6.45, 7) is 6.10. The number of urea groups is 1. The van der Waals surface area contributed by atoms with E-state index >= 15 is 0 Å². The second-order valence-corrected chi connectivity index (χ2v) is 6.31. The summed E-state index contributed by atoms with van der Waals surface area (Å²) >= 11 is 1.52. The van der Waals surface area contributed by atoms with Gasteiger partial charge in [0.15, 0.2) is 0 Å².